The molecule has 0 radical (unpaired) electrons. The van der Waals surface area contributed by atoms with Crippen molar-refractivity contribution in [1.82, 2.24) is 4.90 Å². The third-order valence-corrected chi connectivity index (χ3v) is 4.05. The SMILES string of the molecule is CCCCCCCCCCN(CCCCCC)C(=O)CO. The van der Waals surface area contributed by atoms with E-state index in [1.807, 2.05) is 4.90 Å². The second-order valence-electron chi connectivity index (χ2n) is 6.07. The van der Waals surface area contributed by atoms with Gasteiger partial charge in [0.1, 0.15) is 6.61 Å². The highest BCUT2D eigenvalue weighted by Crippen LogP contribution is 2.09. The average Bonchev–Trinajstić information content (AvgIpc) is 2.51. The lowest BCUT2D eigenvalue weighted by atomic mass is 10.1. The maximum absolute atomic E-state index is 11.7. The number of nitrogens with zero attached hydrogens (tertiary/aromatic N) is 1. The third-order valence-electron chi connectivity index (χ3n) is 4.05. The van der Waals surface area contributed by atoms with Gasteiger partial charge in [0, 0.05) is 13.1 Å². The van der Waals surface area contributed by atoms with Crippen LogP contribution < -0.4 is 0 Å². The van der Waals surface area contributed by atoms with Gasteiger partial charge in [0.2, 0.25) is 5.91 Å². The number of aliphatic hydroxyl groups excluding tert-OH is 1. The lowest BCUT2D eigenvalue weighted by molar-refractivity contribution is -0.134. The van der Waals surface area contributed by atoms with Crippen molar-refractivity contribution in [3.8, 4) is 0 Å². The molecule has 3 heteroatoms. The number of hydrogen-bond donors (Lipinski definition) is 1. The van der Waals surface area contributed by atoms with Crippen molar-refractivity contribution >= 4 is 5.91 Å². The van der Waals surface area contributed by atoms with Gasteiger partial charge in [0.15, 0.2) is 0 Å². The van der Waals surface area contributed by atoms with Crippen LogP contribution in [0.2, 0.25) is 0 Å². The summed E-state index contributed by atoms with van der Waals surface area (Å²) in [6, 6.07) is 0. The highest BCUT2D eigenvalue weighted by atomic mass is 16.3. The fraction of sp³-hybridized carbons (Fsp3) is 0.944. The highest BCUT2D eigenvalue weighted by Gasteiger charge is 2.11. The number of unbranched alkanes of at least 4 members (excludes halogenated alkanes) is 10. The first kappa shape index (κ1) is 20.4. The maximum Gasteiger partial charge on any atom is 0.248 e. The summed E-state index contributed by atoms with van der Waals surface area (Å²) >= 11 is 0. The van der Waals surface area contributed by atoms with Crippen molar-refractivity contribution in [1.29, 1.82) is 0 Å². The highest BCUT2D eigenvalue weighted by molar-refractivity contribution is 5.77. The number of hydrogen-bond acceptors (Lipinski definition) is 2. The summed E-state index contributed by atoms with van der Waals surface area (Å²) in [6.07, 6.45) is 15.0. The Labute approximate surface area is 132 Å². The van der Waals surface area contributed by atoms with E-state index in [-0.39, 0.29) is 12.5 Å². The number of amides is 1. The van der Waals surface area contributed by atoms with E-state index >= 15 is 0 Å². The second kappa shape index (κ2) is 15.8. The van der Waals surface area contributed by atoms with Crippen molar-refractivity contribution in [3.05, 3.63) is 0 Å². The van der Waals surface area contributed by atoms with Gasteiger partial charge in [-0.05, 0) is 12.8 Å². The molecule has 0 spiro atoms. The van der Waals surface area contributed by atoms with E-state index < -0.39 is 0 Å². The summed E-state index contributed by atoms with van der Waals surface area (Å²) in [4.78, 5) is 13.5. The largest absolute Gasteiger partial charge is 0.387 e. The number of carbonyl (C=O) groups is 1. The quantitative estimate of drug-likeness (QED) is 0.451. The zero-order chi connectivity index (χ0) is 15.8. The van der Waals surface area contributed by atoms with Crippen LogP contribution in [-0.2, 0) is 4.79 Å². The van der Waals surface area contributed by atoms with Gasteiger partial charge in [-0.1, -0.05) is 78.1 Å². The number of carbonyl (C=O) groups excluding carboxylic acids is 1. The first-order valence-electron chi connectivity index (χ1n) is 9.14. The molecule has 0 unspecified atom stereocenters. The minimum atomic E-state index is -0.342. The van der Waals surface area contributed by atoms with E-state index in [2.05, 4.69) is 13.8 Å². The van der Waals surface area contributed by atoms with Gasteiger partial charge in [-0.15, -0.1) is 0 Å². The zero-order valence-electron chi connectivity index (χ0n) is 14.4. The Morgan fingerprint density at radius 2 is 1.10 bits per heavy atom. The van der Waals surface area contributed by atoms with Crippen LogP contribution in [0.1, 0.15) is 90.9 Å². The molecule has 0 aromatic heterocycles. The van der Waals surface area contributed by atoms with Gasteiger partial charge >= 0.3 is 0 Å². The fourth-order valence-corrected chi connectivity index (χ4v) is 2.63. The Balaban J connectivity index is 3.64. The van der Waals surface area contributed by atoms with E-state index in [9.17, 15) is 4.79 Å². The van der Waals surface area contributed by atoms with Crippen molar-refractivity contribution < 1.29 is 9.90 Å². The molecule has 0 aliphatic carbocycles. The fourth-order valence-electron chi connectivity index (χ4n) is 2.63. The van der Waals surface area contributed by atoms with Gasteiger partial charge in [-0.3, -0.25) is 4.79 Å². The molecular weight excluding hydrogens is 262 g/mol. The first-order chi connectivity index (χ1) is 10.3. The zero-order valence-corrected chi connectivity index (χ0v) is 14.4. The number of aliphatic hydroxyl groups is 1. The Morgan fingerprint density at radius 1 is 0.714 bits per heavy atom. The minimum Gasteiger partial charge on any atom is -0.387 e. The van der Waals surface area contributed by atoms with E-state index in [1.165, 1.54) is 64.2 Å². The molecular formula is C18H37NO2. The van der Waals surface area contributed by atoms with Crippen molar-refractivity contribution in [2.24, 2.45) is 0 Å². The Kier molecular flexibility index (Phi) is 15.4. The summed E-state index contributed by atoms with van der Waals surface area (Å²) < 4.78 is 0. The number of rotatable bonds is 15. The normalized spacial score (nSPS) is 10.8. The van der Waals surface area contributed by atoms with Gasteiger partial charge < -0.3 is 10.0 Å². The molecule has 1 N–H and O–H groups in total. The monoisotopic (exact) mass is 299 g/mol. The summed E-state index contributed by atoms with van der Waals surface area (Å²) in [6.45, 7) is 5.73. The van der Waals surface area contributed by atoms with Gasteiger partial charge in [0.05, 0.1) is 0 Å². The molecule has 0 aliphatic rings. The van der Waals surface area contributed by atoms with Gasteiger partial charge in [0.25, 0.3) is 0 Å². The third kappa shape index (κ3) is 12.9. The Morgan fingerprint density at radius 3 is 1.52 bits per heavy atom. The topological polar surface area (TPSA) is 40.5 Å². The minimum absolute atomic E-state index is 0.102. The molecule has 0 saturated heterocycles. The first-order valence-corrected chi connectivity index (χ1v) is 9.14. The standard InChI is InChI=1S/C18H37NO2/c1-3-5-7-9-10-11-12-14-16-19(18(21)17-20)15-13-8-6-4-2/h20H,3-17H2,1-2H3. The molecule has 0 bridgehead atoms. The maximum atomic E-state index is 11.7. The molecule has 1 amide bonds. The predicted molar refractivity (Wildman–Crippen MR) is 90.4 cm³/mol. The molecule has 0 heterocycles. The van der Waals surface area contributed by atoms with Crippen LogP contribution in [0, 0.1) is 0 Å². The Bertz CT molecular complexity index is 231. The van der Waals surface area contributed by atoms with Crippen molar-refractivity contribution in [2.75, 3.05) is 19.7 Å². The van der Waals surface area contributed by atoms with Crippen molar-refractivity contribution in [3.63, 3.8) is 0 Å². The predicted octanol–water partition coefficient (Wildman–Crippen LogP) is 4.53. The molecule has 0 rings (SSSR count). The van der Waals surface area contributed by atoms with Crippen LogP contribution in [0.25, 0.3) is 0 Å². The van der Waals surface area contributed by atoms with E-state index in [4.69, 9.17) is 5.11 Å². The summed E-state index contributed by atoms with van der Waals surface area (Å²) in [5.41, 5.74) is 0. The van der Waals surface area contributed by atoms with Crippen LogP contribution in [0.5, 0.6) is 0 Å². The molecule has 21 heavy (non-hydrogen) atoms. The van der Waals surface area contributed by atoms with E-state index in [0.29, 0.717) is 0 Å². The lowest BCUT2D eigenvalue weighted by Crippen LogP contribution is -2.35. The molecule has 0 fully saturated rings. The lowest BCUT2D eigenvalue weighted by Gasteiger charge is -2.21. The summed E-state index contributed by atoms with van der Waals surface area (Å²) in [7, 11) is 0. The van der Waals surface area contributed by atoms with Crippen LogP contribution >= 0.6 is 0 Å². The molecule has 0 aliphatic heterocycles. The average molecular weight is 299 g/mol. The summed E-state index contributed by atoms with van der Waals surface area (Å²) in [5, 5.41) is 9.04. The molecule has 0 saturated carbocycles. The smallest absolute Gasteiger partial charge is 0.248 e. The molecule has 0 aromatic rings. The molecule has 126 valence electrons. The molecule has 0 aromatic carbocycles. The second-order valence-corrected chi connectivity index (χ2v) is 6.07. The van der Waals surface area contributed by atoms with Crippen LogP contribution in [0.15, 0.2) is 0 Å². The molecule has 3 nitrogen and oxygen atoms in total. The van der Waals surface area contributed by atoms with Gasteiger partial charge in [-0.2, -0.15) is 0 Å². The van der Waals surface area contributed by atoms with Crippen molar-refractivity contribution in [2.45, 2.75) is 90.9 Å². The van der Waals surface area contributed by atoms with Crippen LogP contribution in [0.3, 0.4) is 0 Å². The Hall–Kier alpha value is -0.570. The van der Waals surface area contributed by atoms with E-state index in [1.54, 1.807) is 0 Å². The van der Waals surface area contributed by atoms with Crippen LogP contribution in [-0.4, -0.2) is 35.6 Å². The van der Waals surface area contributed by atoms with E-state index in [0.717, 1.165) is 25.9 Å². The summed E-state index contributed by atoms with van der Waals surface area (Å²) in [5.74, 6) is -0.102. The molecule has 0 atom stereocenters. The van der Waals surface area contributed by atoms with Crippen LogP contribution in [0.4, 0.5) is 0 Å². The van der Waals surface area contributed by atoms with Gasteiger partial charge in [-0.25, -0.2) is 0 Å².